The van der Waals surface area contributed by atoms with Crippen LogP contribution in [0.3, 0.4) is 0 Å². The van der Waals surface area contributed by atoms with Crippen LogP contribution in [0, 0.1) is 5.41 Å². The highest BCUT2D eigenvalue weighted by atomic mass is 32.2. The zero-order valence-electron chi connectivity index (χ0n) is 17.1. The van der Waals surface area contributed by atoms with Crippen molar-refractivity contribution in [3.05, 3.63) is 48.5 Å². The van der Waals surface area contributed by atoms with Crippen molar-refractivity contribution in [2.75, 3.05) is 22.1 Å². The van der Waals surface area contributed by atoms with Crippen LogP contribution in [0.5, 0.6) is 0 Å². The molecule has 0 bridgehead atoms. The number of hydrogen-bond donors (Lipinski definition) is 3. The number of unbranched alkanes of at least 4 members (excludes halogenated alkanes) is 4. The summed E-state index contributed by atoms with van der Waals surface area (Å²) in [5.74, 6) is 2.63. The smallest absolute Gasteiger partial charge is 0.197 e. The van der Waals surface area contributed by atoms with E-state index < -0.39 is 0 Å². The average molecular weight is 416 g/mol. The van der Waals surface area contributed by atoms with E-state index in [2.05, 4.69) is 48.7 Å². The van der Waals surface area contributed by atoms with Crippen LogP contribution >= 0.6 is 23.5 Å². The molecular formula is C23H33N3S2. The van der Waals surface area contributed by atoms with Crippen LogP contribution in [0.4, 0.5) is 11.4 Å². The number of thioether (sulfide) groups is 2. The van der Waals surface area contributed by atoms with Crippen LogP contribution in [0.1, 0.15) is 52.4 Å². The summed E-state index contributed by atoms with van der Waals surface area (Å²) in [6.45, 7) is 4.46. The van der Waals surface area contributed by atoms with Crippen molar-refractivity contribution < 1.29 is 0 Å². The van der Waals surface area contributed by atoms with Gasteiger partial charge in [-0.15, -0.1) is 23.5 Å². The Bertz CT molecular complexity index is 624. The molecule has 5 heteroatoms. The molecule has 3 N–H and O–H groups in total. The average Bonchev–Trinajstić information content (AvgIpc) is 2.71. The van der Waals surface area contributed by atoms with Crippen LogP contribution in [0.15, 0.2) is 58.3 Å². The monoisotopic (exact) mass is 415 g/mol. The lowest BCUT2D eigenvalue weighted by atomic mass is 10.3. The quantitative estimate of drug-likeness (QED) is 0.144. The zero-order chi connectivity index (χ0) is 20.0. The Balaban J connectivity index is 1.74. The summed E-state index contributed by atoms with van der Waals surface area (Å²) in [4.78, 5) is 2.57. The lowest BCUT2D eigenvalue weighted by molar-refractivity contribution is 0.778. The van der Waals surface area contributed by atoms with E-state index in [4.69, 9.17) is 5.41 Å². The molecule has 152 valence electrons. The van der Waals surface area contributed by atoms with Gasteiger partial charge in [0.2, 0.25) is 0 Å². The standard InChI is InChI=1S/C23H33N3S2/c1-3-5-7-17-27-21-13-9-19(10-14-21)25-23(24)26-20-11-15-22(16-12-20)28-18-8-6-4-2/h9-16H,3-8,17-18H2,1-2H3,(H3,24,25,26). The summed E-state index contributed by atoms with van der Waals surface area (Å²) in [5, 5.41) is 14.4. The Labute approximate surface area is 179 Å². The molecule has 0 aromatic heterocycles. The maximum absolute atomic E-state index is 8.15. The number of benzene rings is 2. The van der Waals surface area contributed by atoms with Crippen molar-refractivity contribution in [1.29, 1.82) is 5.41 Å². The molecule has 2 aromatic rings. The fourth-order valence-electron chi connectivity index (χ4n) is 2.67. The second kappa shape index (κ2) is 13.6. The Kier molecular flexibility index (Phi) is 11.0. The minimum absolute atomic E-state index is 0.284. The minimum atomic E-state index is 0.284. The lowest BCUT2D eigenvalue weighted by Crippen LogP contribution is -2.20. The molecule has 0 spiro atoms. The molecular weight excluding hydrogens is 382 g/mol. The highest BCUT2D eigenvalue weighted by Crippen LogP contribution is 2.23. The molecule has 0 amide bonds. The molecule has 0 saturated carbocycles. The molecule has 0 atom stereocenters. The molecule has 0 aliphatic heterocycles. The van der Waals surface area contributed by atoms with Crippen LogP contribution in [0.2, 0.25) is 0 Å². The Hall–Kier alpha value is -1.59. The van der Waals surface area contributed by atoms with Gasteiger partial charge in [-0.1, -0.05) is 39.5 Å². The highest BCUT2D eigenvalue weighted by molar-refractivity contribution is 7.99. The molecule has 0 unspecified atom stereocenters. The predicted octanol–water partition coefficient (Wildman–Crippen LogP) is 7.71. The highest BCUT2D eigenvalue weighted by Gasteiger charge is 2.01. The number of guanidine groups is 1. The fraction of sp³-hybridized carbons (Fsp3) is 0.435. The number of anilines is 2. The van der Waals surface area contributed by atoms with Crippen LogP contribution in [-0.4, -0.2) is 17.5 Å². The first-order chi connectivity index (χ1) is 13.7. The largest absolute Gasteiger partial charge is 0.326 e. The zero-order valence-corrected chi connectivity index (χ0v) is 18.7. The van der Waals surface area contributed by atoms with Gasteiger partial charge in [0.1, 0.15) is 0 Å². The van der Waals surface area contributed by atoms with Crippen molar-refractivity contribution in [2.45, 2.75) is 62.2 Å². The van der Waals surface area contributed by atoms with Crippen molar-refractivity contribution in [1.82, 2.24) is 0 Å². The predicted molar refractivity (Wildman–Crippen MR) is 128 cm³/mol. The first-order valence-corrected chi connectivity index (χ1v) is 12.3. The second-order valence-corrected chi connectivity index (χ2v) is 9.12. The van der Waals surface area contributed by atoms with E-state index in [1.807, 2.05) is 47.8 Å². The molecule has 0 radical (unpaired) electrons. The molecule has 28 heavy (non-hydrogen) atoms. The van der Waals surface area contributed by atoms with Gasteiger partial charge in [0.15, 0.2) is 5.96 Å². The number of nitrogens with one attached hydrogen (secondary N) is 3. The summed E-state index contributed by atoms with van der Waals surface area (Å²) >= 11 is 3.80. The van der Waals surface area contributed by atoms with Crippen molar-refractivity contribution in [3.8, 4) is 0 Å². The normalized spacial score (nSPS) is 10.6. The third-order valence-corrected chi connectivity index (χ3v) is 6.48. The van der Waals surface area contributed by atoms with Crippen LogP contribution in [-0.2, 0) is 0 Å². The van der Waals surface area contributed by atoms with Gasteiger partial charge in [0.25, 0.3) is 0 Å². The first-order valence-electron chi connectivity index (χ1n) is 10.3. The Morgan fingerprint density at radius 2 is 1.07 bits per heavy atom. The van der Waals surface area contributed by atoms with Gasteiger partial charge in [-0.2, -0.15) is 0 Å². The van der Waals surface area contributed by atoms with E-state index in [9.17, 15) is 0 Å². The molecule has 3 nitrogen and oxygen atoms in total. The molecule has 2 rings (SSSR count). The Morgan fingerprint density at radius 1 is 0.679 bits per heavy atom. The third-order valence-electron chi connectivity index (χ3n) is 4.28. The van der Waals surface area contributed by atoms with Gasteiger partial charge in [0.05, 0.1) is 0 Å². The Morgan fingerprint density at radius 3 is 1.43 bits per heavy atom. The number of rotatable bonds is 12. The van der Waals surface area contributed by atoms with Gasteiger partial charge in [-0.3, -0.25) is 5.41 Å². The minimum Gasteiger partial charge on any atom is -0.326 e. The van der Waals surface area contributed by atoms with Crippen molar-refractivity contribution in [2.24, 2.45) is 0 Å². The number of hydrogen-bond acceptors (Lipinski definition) is 3. The molecule has 0 aliphatic carbocycles. The van der Waals surface area contributed by atoms with Gasteiger partial charge >= 0.3 is 0 Å². The molecule has 2 aromatic carbocycles. The van der Waals surface area contributed by atoms with E-state index >= 15 is 0 Å². The second-order valence-electron chi connectivity index (χ2n) is 6.78. The summed E-state index contributed by atoms with van der Waals surface area (Å²) in [6, 6.07) is 16.6. The van der Waals surface area contributed by atoms with E-state index in [1.165, 1.54) is 59.8 Å². The third kappa shape index (κ3) is 9.07. The fourth-order valence-corrected chi connectivity index (χ4v) is 4.50. The summed E-state index contributed by atoms with van der Waals surface area (Å²) < 4.78 is 0. The molecule has 0 heterocycles. The van der Waals surface area contributed by atoms with Crippen LogP contribution < -0.4 is 10.6 Å². The molecule has 0 aliphatic rings. The summed E-state index contributed by atoms with van der Waals surface area (Å²) in [6.07, 6.45) is 7.66. The van der Waals surface area contributed by atoms with E-state index in [-0.39, 0.29) is 5.96 Å². The SMILES string of the molecule is CCCCCSc1ccc(NC(=N)Nc2ccc(SCCCCC)cc2)cc1. The van der Waals surface area contributed by atoms with E-state index in [0.29, 0.717) is 0 Å². The van der Waals surface area contributed by atoms with Crippen LogP contribution in [0.25, 0.3) is 0 Å². The van der Waals surface area contributed by atoms with Gasteiger partial charge in [-0.25, -0.2) is 0 Å². The van der Waals surface area contributed by atoms with Crippen molar-refractivity contribution in [3.63, 3.8) is 0 Å². The van der Waals surface area contributed by atoms with Gasteiger partial charge < -0.3 is 10.6 Å². The first kappa shape index (κ1) is 22.7. The maximum Gasteiger partial charge on any atom is 0.197 e. The lowest BCUT2D eigenvalue weighted by Gasteiger charge is -2.11. The summed E-state index contributed by atoms with van der Waals surface area (Å²) in [5.41, 5.74) is 1.86. The molecule has 0 saturated heterocycles. The van der Waals surface area contributed by atoms with E-state index in [1.54, 1.807) is 0 Å². The van der Waals surface area contributed by atoms with Gasteiger partial charge in [0, 0.05) is 21.2 Å². The summed E-state index contributed by atoms with van der Waals surface area (Å²) in [7, 11) is 0. The van der Waals surface area contributed by atoms with E-state index in [0.717, 1.165) is 11.4 Å². The molecule has 0 fully saturated rings. The topological polar surface area (TPSA) is 47.9 Å². The van der Waals surface area contributed by atoms with Gasteiger partial charge in [-0.05, 0) is 72.9 Å². The van der Waals surface area contributed by atoms with Crippen molar-refractivity contribution >= 4 is 40.9 Å². The maximum atomic E-state index is 8.15.